The molecule has 0 aromatic heterocycles. The molecule has 0 nitrogen and oxygen atoms in total. The molecular weight excluding hydrogens is 171 g/mol. The number of halogens is 2. The molecule has 0 heterocycles. The summed E-state index contributed by atoms with van der Waals surface area (Å²) in [5, 5.41) is 0. The van der Waals surface area contributed by atoms with Crippen molar-refractivity contribution in [3.8, 4) is 0 Å². The zero-order valence-corrected chi connectivity index (χ0v) is 7.85. The quantitative estimate of drug-likeness (QED) is 0.547. The maximum absolute atomic E-state index is 12.3. The molecule has 0 N–H and O–H groups in total. The maximum atomic E-state index is 12.3. The number of rotatable bonds is 1. The van der Waals surface area contributed by atoms with Crippen molar-refractivity contribution in [2.75, 3.05) is 0 Å². The Kier molecular flexibility index (Phi) is 2.07. The predicted molar refractivity (Wildman–Crippen MR) is 34.0 cm³/mol. The van der Waals surface area contributed by atoms with Crippen LogP contribution in [0.4, 0.5) is 8.78 Å². The van der Waals surface area contributed by atoms with Gasteiger partial charge in [-0.1, -0.05) is 0 Å². The Morgan fingerprint density at radius 3 is 1.25 bits per heavy atom. The molecule has 0 aliphatic heterocycles. The van der Waals surface area contributed by atoms with E-state index in [1.54, 1.807) is 17.3 Å². The van der Waals surface area contributed by atoms with Crippen molar-refractivity contribution in [1.82, 2.24) is 0 Å². The van der Waals surface area contributed by atoms with Gasteiger partial charge in [0.2, 0.25) is 0 Å². The van der Waals surface area contributed by atoms with E-state index in [0.29, 0.717) is 0 Å². The van der Waals surface area contributed by atoms with E-state index < -0.39 is 18.0 Å². The van der Waals surface area contributed by atoms with Gasteiger partial charge >= 0.3 is 51.0 Å². The van der Waals surface area contributed by atoms with E-state index in [9.17, 15) is 8.78 Å². The van der Waals surface area contributed by atoms with Crippen LogP contribution in [0.15, 0.2) is 0 Å². The van der Waals surface area contributed by atoms with Crippen molar-refractivity contribution in [3.05, 3.63) is 0 Å². The average Bonchev–Trinajstić information content (AvgIpc) is 1.25. The van der Waals surface area contributed by atoms with Gasteiger partial charge in [-0.15, -0.1) is 0 Å². The summed E-state index contributed by atoms with van der Waals surface area (Å²) in [6.07, 6.45) is 0. The second kappa shape index (κ2) is 1.97. The van der Waals surface area contributed by atoms with Crippen molar-refractivity contribution in [3.63, 3.8) is 0 Å². The van der Waals surface area contributed by atoms with Gasteiger partial charge in [0.25, 0.3) is 0 Å². The molecule has 0 amide bonds. The molecule has 0 atom stereocenters. The van der Waals surface area contributed by atoms with Gasteiger partial charge < -0.3 is 0 Å². The minimum atomic E-state index is -2.65. The molecule has 0 spiro atoms. The fourth-order valence-electron chi connectivity index (χ4n) is 0. The van der Waals surface area contributed by atoms with Crippen LogP contribution in [-0.4, -0.2) is 18.0 Å². The molecule has 0 aliphatic rings. The summed E-state index contributed by atoms with van der Waals surface area (Å²) in [6, 6.07) is 0. The van der Waals surface area contributed by atoms with E-state index in [-0.39, 0.29) is 0 Å². The van der Waals surface area contributed by atoms with E-state index in [4.69, 9.17) is 0 Å². The summed E-state index contributed by atoms with van der Waals surface area (Å²) < 4.78 is 22.2. The van der Waals surface area contributed by atoms with Crippen molar-refractivity contribution in [1.29, 1.82) is 0 Å². The SMILES string of the molecule is C[C](F)(F)[Ge]([CH3])([CH3])[CH3]. The Bertz CT molecular complexity index is 65.4. The molecule has 50 valence electrons. The molecule has 0 radical (unpaired) electrons. The monoisotopic (exact) mass is 184 g/mol. The first-order valence-corrected chi connectivity index (χ1v) is 9.97. The van der Waals surface area contributed by atoms with E-state index >= 15 is 0 Å². The number of alkyl halides is 2. The Balaban J connectivity index is 4.02. The van der Waals surface area contributed by atoms with E-state index in [0.717, 1.165) is 6.92 Å². The molecule has 3 heteroatoms. The first kappa shape index (κ1) is 8.40. The molecule has 0 aliphatic carbocycles. The molecular formula is C5H12F2Ge. The van der Waals surface area contributed by atoms with Gasteiger partial charge in [-0.3, -0.25) is 0 Å². The van der Waals surface area contributed by atoms with Crippen LogP contribution in [0.1, 0.15) is 6.92 Å². The van der Waals surface area contributed by atoms with Crippen molar-refractivity contribution in [2.24, 2.45) is 0 Å². The van der Waals surface area contributed by atoms with Gasteiger partial charge in [-0.25, -0.2) is 0 Å². The van der Waals surface area contributed by atoms with Crippen LogP contribution in [-0.2, 0) is 0 Å². The van der Waals surface area contributed by atoms with E-state index in [2.05, 4.69) is 0 Å². The third kappa shape index (κ3) is 2.11. The van der Waals surface area contributed by atoms with Crippen LogP contribution in [0.3, 0.4) is 0 Å². The third-order valence-electron chi connectivity index (χ3n) is 1.32. The fourth-order valence-corrected chi connectivity index (χ4v) is 0. The fraction of sp³-hybridized carbons (Fsp3) is 1.00. The van der Waals surface area contributed by atoms with Gasteiger partial charge in [-0.05, 0) is 0 Å². The Morgan fingerprint density at radius 2 is 1.25 bits per heavy atom. The third-order valence-corrected chi connectivity index (χ3v) is 6.84. The van der Waals surface area contributed by atoms with Gasteiger partial charge in [0, 0.05) is 0 Å². The first-order valence-electron chi connectivity index (χ1n) is 2.63. The molecule has 0 aromatic carbocycles. The second-order valence-electron chi connectivity index (χ2n) is 3.14. The first-order chi connectivity index (χ1) is 3.25. The van der Waals surface area contributed by atoms with Crippen molar-refractivity contribution < 1.29 is 8.78 Å². The second-order valence-corrected chi connectivity index (χ2v) is 14.4. The predicted octanol–water partition coefficient (Wildman–Crippen LogP) is 2.52. The molecule has 0 aromatic rings. The minimum absolute atomic E-state index is 1.02. The Hall–Kier alpha value is 0.403. The van der Waals surface area contributed by atoms with Crippen molar-refractivity contribution >= 4 is 13.3 Å². The zero-order chi connectivity index (χ0) is 7.00. The summed E-state index contributed by atoms with van der Waals surface area (Å²) in [5.41, 5.74) is 0. The van der Waals surface area contributed by atoms with Crippen molar-refractivity contribution in [2.45, 2.75) is 28.9 Å². The summed E-state index contributed by atoms with van der Waals surface area (Å²) in [4.78, 5) is 0. The van der Waals surface area contributed by atoms with Gasteiger partial charge in [0.05, 0.1) is 0 Å². The molecule has 0 saturated heterocycles. The van der Waals surface area contributed by atoms with E-state index in [1.165, 1.54) is 0 Å². The summed E-state index contributed by atoms with van der Waals surface area (Å²) in [7, 11) is 0. The molecule has 8 heavy (non-hydrogen) atoms. The molecule has 0 bridgehead atoms. The van der Waals surface area contributed by atoms with Crippen LogP contribution in [0.5, 0.6) is 0 Å². The van der Waals surface area contributed by atoms with Gasteiger partial charge in [0.1, 0.15) is 0 Å². The summed E-state index contributed by atoms with van der Waals surface area (Å²) in [5.74, 6) is 5.12. The standard InChI is InChI=1S/C5H12F2Ge/c1-5(6,7)8(2,3)4/h1-4H3. The topological polar surface area (TPSA) is 0 Å². The summed E-state index contributed by atoms with van der Waals surface area (Å²) in [6.45, 7) is 1.02. The number of hydrogen-bond donors (Lipinski definition) is 0. The zero-order valence-electron chi connectivity index (χ0n) is 5.76. The average molecular weight is 183 g/mol. The molecule has 0 saturated carbocycles. The van der Waals surface area contributed by atoms with E-state index in [1.807, 2.05) is 0 Å². The van der Waals surface area contributed by atoms with Crippen LogP contribution in [0.25, 0.3) is 0 Å². The normalized spacial score (nSPS) is 14.2. The Labute approximate surface area is 51.6 Å². The Morgan fingerprint density at radius 1 is 1.12 bits per heavy atom. The van der Waals surface area contributed by atoms with Crippen LogP contribution < -0.4 is 0 Å². The van der Waals surface area contributed by atoms with Crippen LogP contribution in [0.2, 0.25) is 17.3 Å². The number of hydrogen-bond acceptors (Lipinski definition) is 0. The summed E-state index contributed by atoms with van der Waals surface area (Å²) >= 11 is -2.65. The molecule has 0 unspecified atom stereocenters. The van der Waals surface area contributed by atoms with Gasteiger partial charge in [0.15, 0.2) is 0 Å². The van der Waals surface area contributed by atoms with Crippen LogP contribution in [0, 0.1) is 0 Å². The molecule has 0 fully saturated rings. The van der Waals surface area contributed by atoms with Crippen LogP contribution >= 0.6 is 0 Å². The molecule has 0 rings (SSSR count). The van der Waals surface area contributed by atoms with Gasteiger partial charge in [-0.2, -0.15) is 0 Å².